The van der Waals surface area contributed by atoms with Gasteiger partial charge in [0, 0.05) is 24.8 Å². The summed E-state index contributed by atoms with van der Waals surface area (Å²) >= 11 is 0. The molecule has 0 saturated carbocycles. The van der Waals surface area contributed by atoms with Crippen LogP contribution in [0.2, 0.25) is 0 Å². The van der Waals surface area contributed by atoms with Crippen LogP contribution in [0.4, 0.5) is 5.69 Å². The third-order valence-electron chi connectivity index (χ3n) is 3.30. The van der Waals surface area contributed by atoms with Crippen molar-refractivity contribution in [3.63, 3.8) is 0 Å². The fourth-order valence-corrected chi connectivity index (χ4v) is 2.34. The molecular weight excluding hydrogens is 186 g/mol. The smallest absolute Gasteiger partial charge is 0.106 e. The SMILES string of the molecule is Cc1nc2c3c(ccc2n1C)NCCC3. The van der Waals surface area contributed by atoms with E-state index in [9.17, 15) is 0 Å². The van der Waals surface area contributed by atoms with Crippen LogP contribution < -0.4 is 5.32 Å². The minimum absolute atomic E-state index is 1.09. The molecule has 3 heteroatoms. The van der Waals surface area contributed by atoms with Gasteiger partial charge in [-0.25, -0.2) is 4.98 Å². The zero-order valence-electron chi connectivity index (χ0n) is 9.17. The number of benzene rings is 1. The molecule has 0 radical (unpaired) electrons. The van der Waals surface area contributed by atoms with Gasteiger partial charge in [-0.3, -0.25) is 0 Å². The van der Waals surface area contributed by atoms with Crippen molar-refractivity contribution >= 4 is 16.7 Å². The minimum atomic E-state index is 1.09. The molecule has 3 nitrogen and oxygen atoms in total. The number of rotatable bonds is 0. The highest BCUT2D eigenvalue weighted by Crippen LogP contribution is 2.29. The first-order chi connectivity index (χ1) is 7.27. The quantitative estimate of drug-likeness (QED) is 0.708. The monoisotopic (exact) mass is 201 g/mol. The van der Waals surface area contributed by atoms with Crippen molar-refractivity contribution in [1.29, 1.82) is 0 Å². The third-order valence-corrected chi connectivity index (χ3v) is 3.30. The lowest BCUT2D eigenvalue weighted by molar-refractivity contribution is 0.835. The van der Waals surface area contributed by atoms with Crippen molar-refractivity contribution in [3.05, 3.63) is 23.5 Å². The molecule has 1 aliphatic heterocycles. The lowest BCUT2D eigenvalue weighted by Crippen LogP contribution is -2.11. The van der Waals surface area contributed by atoms with Crippen LogP contribution in [-0.2, 0) is 13.5 Å². The van der Waals surface area contributed by atoms with Crippen LogP contribution in [0.25, 0.3) is 11.0 Å². The van der Waals surface area contributed by atoms with Crippen molar-refractivity contribution in [2.45, 2.75) is 19.8 Å². The number of aromatic nitrogens is 2. The van der Waals surface area contributed by atoms with E-state index in [0.29, 0.717) is 0 Å². The van der Waals surface area contributed by atoms with Crippen LogP contribution in [0, 0.1) is 6.92 Å². The second kappa shape index (κ2) is 2.99. The fraction of sp³-hybridized carbons (Fsp3) is 0.417. The van der Waals surface area contributed by atoms with Crippen LogP contribution in [0.5, 0.6) is 0 Å². The molecule has 0 bridgehead atoms. The summed E-state index contributed by atoms with van der Waals surface area (Å²) < 4.78 is 2.16. The van der Waals surface area contributed by atoms with Gasteiger partial charge < -0.3 is 9.88 Å². The average molecular weight is 201 g/mol. The topological polar surface area (TPSA) is 29.9 Å². The number of fused-ring (bicyclic) bond motifs is 3. The third kappa shape index (κ3) is 1.16. The molecule has 1 aromatic heterocycles. The standard InChI is InChI=1S/C12H15N3/c1-8-14-12-9-4-3-7-13-10(9)5-6-11(12)15(8)2/h5-6,13H,3-4,7H2,1-2H3. The minimum Gasteiger partial charge on any atom is -0.385 e. The summed E-state index contributed by atoms with van der Waals surface area (Å²) in [5.74, 6) is 1.09. The van der Waals surface area contributed by atoms with Crippen LogP contribution in [0.1, 0.15) is 17.8 Å². The summed E-state index contributed by atoms with van der Waals surface area (Å²) in [5, 5.41) is 3.43. The zero-order chi connectivity index (χ0) is 10.4. The molecule has 1 aromatic carbocycles. The number of nitrogens with one attached hydrogen (secondary N) is 1. The average Bonchev–Trinajstić information content (AvgIpc) is 2.56. The lowest BCUT2D eigenvalue weighted by Gasteiger charge is -2.17. The maximum absolute atomic E-state index is 4.65. The summed E-state index contributed by atoms with van der Waals surface area (Å²) in [4.78, 5) is 4.65. The van der Waals surface area contributed by atoms with Gasteiger partial charge in [-0.1, -0.05) is 0 Å². The van der Waals surface area contributed by atoms with E-state index in [1.54, 1.807) is 0 Å². The summed E-state index contributed by atoms with van der Waals surface area (Å²) in [5.41, 5.74) is 5.09. The first-order valence-electron chi connectivity index (χ1n) is 5.46. The van der Waals surface area contributed by atoms with Gasteiger partial charge in [0.2, 0.25) is 0 Å². The molecular formula is C12H15N3. The molecule has 15 heavy (non-hydrogen) atoms. The van der Waals surface area contributed by atoms with Gasteiger partial charge in [-0.2, -0.15) is 0 Å². The maximum Gasteiger partial charge on any atom is 0.106 e. The van der Waals surface area contributed by atoms with Crippen LogP contribution in [0.3, 0.4) is 0 Å². The van der Waals surface area contributed by atoms with Crippen LogP contribution >= 0.6 is 0 Å². The zero-order valence-corrected chi connectivity index (χ0v) is 9.17. The Labute approximate surface area is 89.1 Å². The van der Waals surface area contributed by atoms with Gasteiger partial charge in [0.15, 0.2) is 0 Å². The van der Waals surface area contributed by atoms with E-state index in [2.05, 4.69) is 41.0 Å². The van der Waals surface area contributed by atoms with Crippen molar-refractivity contribution < 1.29 is 0 Å². The van der Waals surface area contributed by atoms with Gasteiger partial charge in [0.25, 0.3) is 0 Å². The van der Waals surface area contributed by atoms with Gasteiger partial charge in [-0.15, -0.1) is 0 Å². The second-order valence-electron chi connectivity index (χ2n) is 4.21. The molecule has 1 aliphatic rings. The summed E-state index contributed by atoms with van der Waals surface area (Å²) in [6, 6.07) is 4.34. The van der Waals surface area contributed by atoms with Crippen LogP contribution in [0.15, 0.2) is 12.1 Å². The van der Waals surface area contributed by atoms with Crippen molar-refractivity contribution in [2.75, 3.05) is 11.9 Å². The molecule has 0 spiro atoms. The first kappa shape index (κ1) is 8.77. The Kier molecular flexibility index (Phi) is 1.75. The van der Waals surface area contributed by atoms with E-state index < -0.39 is 0 Å². The Bertz CT molecular complexity index is 525. The predicted octanol–water partition coefficient (Wildman–Crippen LogP) is 2.24. The summed E-state index contributed by atoms with van der Waals surface area (Å²) in [6.45, 7) is 3.15. The Balaban J connectivity index is 2.36. The molecule has 0 fully saturated rings. The van der Waals surface area contributed by atoms with Gasteiger partial charge in [-0.05, 0) is 31.9 Å². The number of hydrogen-bond donors (Lipinski definition) is 1. The number of anilines is 1. The molecule has 2 aromatic rings. The van der Waals surface area contributed by atoms with Gasteiger partial charge >= 0.3 is 0 Å². The van der Waals surface area contributed by atoms with E-state index >= 15 is 0 Å². The van der Waals surface area contributed by atoms with Gasteiger partial charge in [0.1, 0.15) is 5.82 Å². The van der Waals surface area contributed by atoms with E-state index in [1.807, 2.05) is 0 Å². The molecule has 78 valence electrons. The number of aryl methyl sites for hydroxylation is 3. The Morgan fingerprint density at radius 2 is 2.27 bits per heavy atom. The van der Waals surface area contributed by atoms with Crippen molar-refractivity contribution in [1.82, 2.24) is 9.55 Å². The van der Waals surface area contributed by atoms with E-state index in [-0.39, 0.29) is 0 Å². The first-order valence-corrected chi connectivity index (χ1v) is 5.46. The highest BCUT2D eigenvalue weighted by atomic mass is 15.1. The van der Waals surface area contributed by atoms with Crippen LogP contribution in [-0.4, -0.2) is 16.1 Å². The number of imidazole rings is 1. The lowest BCUT2D eigenvalue weighted by atomic mass is 10.0. The van der Waals surface area contributed by atoms with E-state index in [0.717, 1.165) is 18.8 Å². The predicted molar refractivity (Wildman–Crippen MR) is 62.3 cm³/mol. The molecule has 2 heterocycles. The summed E-state index contributed by atoms with van der Waals surface area (Å²) in [6.07, 6.45) is 2.36. The summed E-state index contributed by atoms with van der Waals surface area (Å²) in [7, 11) is 2.08. The molecule has 0 unspecified atom stereocenters. The molecule has 0 aliphatic carbocycles. The Morgan fingerprint density at radius 3 is 3.13 bits per heavy atom. The molecule has 0 saturated heterocycles. The second-order valence-corrected chi connectivity index (χ2v) is 4.21. The van der Waals surface area contributed by atoms with E-state index in [1.165, 1.54) is 28.7 Å². The molecule has 3 rings (SSSR count). The largest absolute Gasteiger partial charge is 0.385 e. The molecule has 0 atom stereocenters. The molecule has 1 N–H and O–H groups in total. The highest BCUT2D eigenvalue weighted by molar-refractivity contribution is 5.85. The van der Waals surface area contributed by atoms with Gasteiger partial charge in [0.05, 0.1) is 11.0 Å². The Hall–Kier alpha value is -1.51. The number of nitrogens with zero attached hydrogens (tertiary/aromatic N) is 2. The number of hydrogen-bond acceptors (Lipinski definition) is 2. The Morgan fingerprint density at radius 1 is 1.40 bits per heavy atom. The van der Waals surface area contributed by atoms with Crippen molar-refractivity contribution in [2.24, 2.45) is 7.05 Å². The normalized spacial score (nSPS) is 15.1. The van der Waals surface area contributed by atoms with E-state index in [4.69, 9.17) is 0 Å². The fourth-order valence-electron chi connectivity index (χ4n) is 2.34. The highest BCUT2D eigenvalue weighted by Gasteiger charge is 2.15. The maximum atomic E-state index is 4.65. The van der Waals surface area contributed by atoms with Crippen molar-refractivity contribution in [3.8, 4) is 0 Å². The molecule has 0 amide bonds.